The molecule has 0 radical (unpaired) electrons. The van der Waals surface area contributed by atoms with Gasteiger partial charge in [0.25, 0.3) is 0 Å². The van der Waals surface area contributed by atoms with Gasteiger partial charge in [-0.25, -0.2) is 4.79 Å². The Labute approximate surface area is 236 Å². The van der Waals surface area contributed by atoms with Crippen LogP contribution in [0.1, 0.15) is 61.6 Å². The molecule has 1 fully saturated rings. The molecule has 1 aliphatic carbocycles. The van der Waals surface area contributed by atoms with E-state index in [1.165, 1.54) is 12.5 Å². The van der Waals surface area contributed by atoms with Crippen molar-refractivity contribution in [1.29, 1.82) is 0 Å². The molecule has 40 heavy (non-hydrogen) atoms. The summed E-state index contributed by atoms with van der Waals surface area (Å²) in [5.41, 5.74) is 3.28. The number of carbonyl (C=O) groups excluding carboxylic acids is 2. The van der Waals surface area contributed by atoms with E-state index in [9.17, 15) is 14.7 Å². The van der Waals surface area contributed by atoms with Crippen molar-refractivity contribution in [2.24, 2.45) is 0 Å². The van der Waals surface area contributed by atoms with Crippen LogP contribution in [-0.2, 0) is 27.4 Å². The second-order valence-corrected chi connectivity index (χ2v) is 10.4. The highest BCUT2D eigenvalue weighted by atomic mass is 16.6. The molecule has 0 spiro atoms. The Bertz CT molecular complexity index is 1190. The van der Waals surface area contributed by atoms with Crippen LogP contribution in [0.25, 0.3) is 0 Å². The lowest BCUT2D eigenvalue weighted by atomic mass is 9.82. The number of amides is 1. The number of aliphatic hydroxyl groups is 1. The van der Waals surface area contributed by atoms with Crippen molar-refractivity contribution in [2.75, 3.05) is 6.61 Å². The Morgan fingerprint density at radius 3 is 2.17 bits per heavy atom. The minimum Gasteiger partial charge on any atom is -0.489 e. The first-order valence-electron chi connectivity index (χ1n) is 14.0. The largest absolute Gasteiger partial charge is 0.489 e. The van der Waals surface area contributed by atoms with Crippen LogP contribution in [0.15, 0.2) is 84.9 Å². The van der Waals surface area contributed by atoms with Gasteiger partial charge in [0.1, 0.15) is 24.2 Å². The highest BCUT2D eigenvalue weighted by Crippen LogP contribution is 2.38. The van der Waals surface area contributed by atoms with E-state index in [0.717, 1.165) is 42.6 Å². The van der Waals surface area contributed by atoms with Gasteiger partial charge in [0.15, 0.2) is 6.10 Å². The van der Waals surface area contributed by atoms with E-state index in [2.05, 4.69) is 29.6 Å². The van der Waals surface area contributed by atoms with Gasteiger partial charge in [-0.05, 0) is 61.3 Å². The normalized spacial score (nSPS) is 18.4. The first-order valence-corrected chi connectivity index (χ1v) is 14.0. The van der Waals surface area contributed by atoms with Crippen LogP contribution in [0.5, 0.6) is 5.75 Å². The maximum absolute atomic E-state index is 12.4. The second-order valence-electron chi connectivity index (χ2n) is 10.4. The van der Waals surface area contributed by atoms with E-state index < -0.39 is 18.3 Å². The highest BCUT2D eigenvalue weighted by Gasteiger charge is 2.29. The Kier molecular flexibility index (Phi) is 11.1. The predicted octanol–water partition coefficient (Wildman–Crippen LogP) is 5.94. The smallest absolute Gasteiger partial charge is 0.407 e. The van der Waals surface area contributed by atoms with Gasteiger partial charge >= 0.3 is 6.09 Å². The molecule has 2 N–H and O–H groups in total. The van der Waals surface area contributed by atoms with Crippen LogP contribution >= 0.6 is 0 Å². The van der Waals surface area contributed by atoms with E-state index >= 15 is 0 Å². The number of para-hydroxylation sites is 1. The van der Waals surface area contributed by atoms with E-state index in [-0.39, 0.29) is 24.9 Å². The van der Waals surface area contributed by atoms with Crippen molar-refractivity contribution in [3.63, 3.8) is 0 Å². The summed E-state index contributed by atoms with van der Waals surface area (Å²) in [5, 5.41) is 13.3. The van der Waals surface area contributed by atoms with Crippen LogP contribution in [0.3, 0.4) is 0 Å². The number of nitrogens with one attached hydrogen (secondary N) is 1. The van der Waals surface area contributed by atoms with Crippen LogP contribution in [0.4, 0.5) is 4.79 Å². The second kappa shape index (κ2) is 15.2. The van der Waals surface area contributed by atoms with Crippen molar-refractivity contribution < 1.29 is 28.9 Å². The molecule has 1 amide bonds. The van der Waals surface area contributed by atoms with Crippen LogP contribution in [0.2, 0.25) is 0 Å². The molecule has 0 unspecified atom stereocenters. The summed E-state index contributed by atoms with van der Waals surface area (Å²) in [7, 11) is 0. The van der Waals surface area contributed by atoms with Gasteiger partial charge in [-0.1, -0.05) is 78.9 Å². The summed E-state index contributed by atoms with van der Waals surface area (Å²) < 4.78 is 17.8. The van der Waals surface area contributed by atoms with Gasteiger partial charge in [0.05, 0.1) is 12.7 Å². The fraction of sp³-hybridized carbons (Fsp3) is 0.394. The Morgan fingerprint density at radius 2 is 1.50 bits per heavy atom. The fourth-order valence-electron chi connectivity index (χ4n) is 5.05. The van der Waals surface area contributed by atoms with Crippen LogP contribution < -0.4 is 10.1 Å². The topological polar surface area (TPSA) is 94.1 Å². The molecule has 3 aromatic rings. The number of ketones is 1. The summed E-state index contributed by atoms with van der Waals surface area (Å²) in [4.78, 5) is 24.1. The van der Waals surface area contributed by atoms with Gasteiger partial charge in [-0.15, -0.1) is 0 Å². The summed E-state index contributed by atoms with van der Waals surface area (Å²) in [6.45, 7) is 2.26. The average molecular weight is 546 g/mol. The maximum atomic E-state index is 12.4. The van der Waals surface area contributed by atoms with Gasteiger partial charge in [-0.2, -0.15) is 0 Å². The molecule has 3 aromatic carbocycles. The molecule has 7 heteroatoms. The molecule has 0 heterocycles. The molecule has 1 aliphatic rings. The summed E-state index contributed by atoms with van der Waals surface area (Å²) in [6, 6.07) is 27.8. The summed E-state index contributed by atoms with van der Waals surface area (Å²) >= 11 is 0. The third-order valence-corrected chi connectivity index (χ3v) is 7.23. The fourth-order valence-corrected chi connectivity index (χ4v) is 5.05. The lowest BCUT2D eigenvalue weighted by Gasteiger charge is -2.31. The van der Waals surface area contributed by atoms with E-state index in [4.69, 9.17) is 14.2 Å². The van der Waals surface area contributed by atoms with Crippen LogP contribution in [0, 0.1) is 0 Å². The maximum Gasteiger partial charge on any atom is 0.407 e. The van der Waals surface area contributed by atoms with E-state index in [1.54, 1.807) is 0 Å². The minimum absolute atomic E-state index is 0.0170. The number of hydrogen-bond acceptors (Lipinski definition) is 6. The number of carbonyl (C=O) groups is 2. The molecule has 0 aliphatic heterocycles. The number of benzene rings is 3. The van der Waals surface area contributed by atoms with Crippen LogP contribution in [-0.4, -0.2) is 41.9 Å². The van der Waals surface area contributed by atoms with Gasteiger partial charge < -0.3 is 24.6 Å². The minimum atomic E-state index is -1.13. The van der Waals surface area contributed by atoms with Gasteiger partial charge in [-0.3, -0.25) is 4.79 Å². The summed E-state index contributed by atoms with van der Waals surface area (Å²) in [5.74, 6) is 1.10. The van der Waals surface area contributed by atoms with Gasteiger partial charge in [0.2, 0.25) is 0 Å². The molecule has 1 saturated carbocycles. The highest BCUT2D eigenvalue weighted by molar-refractivity contribution is 5.76. The zero-order valence-electron chi connectivity index (χ0n) is 23.0. The number of rotatable bonds is 13. The third kappa shape index (κ3) is 9.21. The molecule has 7 nitrogen and oxygen atoms in total. The van der Waals surface area contributed by atoms with Gasteiger partial charge in [0, 0.05) is 13.0 Å². The number of aliphatic hydroxyl groups excluding tert-OH is 1. The molecule has 0 aromatic heterocycles. The van der Waals surface area contributed by atoms with Crippen molar-refractivity contribution in [1.82, 2.24) is 5.32 Å². The Balaban J connectivity index is 1.27. The standard InChI is InChI=1S/C33H39NO6/c1-24(35)20-30(36)32(40-33(37)34-21-25-10-4-2-5-11-25)23-38-28-18-16-27(17-19-28)29-14-8-9-15-31(29)39-22-26-12-6-3-7-13-26/h2-15,27-28,30,32,36H,16-23H2,1H3,(H,34,37)/t27?,28?,30-,32-/m0/s1. The number of alkyl carbamates (subject to hydrolysis) is 1. The Hall–Kier alpha value is -3.68. The predicted molar refractivity (Wildman–Crippen MR) is 153 cm³/mol. The quantitative estimate of drug-likeness (QED) is 0.276. The van der Waals surface area contributed by atoms with E-state index in [0.29, 0.717) is 19.1 Å². The van der Waals surface area contributed by atoms with Crippen molar-refractivity contribution in [3.8, 4) is 5.75 Å². The lowest BCUT2D eigenvalue weighted by Crippen LogP contribution is -2.40. The summed E-state index contributed by atoms with van der Waals surface area (Å²) in [6.07, 6.45) is 0.708. The number of Topliss-reactive ketones (excluding diaryl/α,β-unsaturated/α-hetero) is 1. The first kappa shape index (κ1) is 29.3. The average Bonchev–Trinajstić information content (AvgIpc) is 2.98. The SMILES string of the molecule is CC(=O)C[C@H](O)[C@H](COC1CCC(c2ccccc2OCc2ccccc2)CC1)OC(=O)NCc1ccccc1. The molecule has 212 valence electrons. The molecule has 2 atom stereocenters. The monoisotopic (exact) mass is 545 g/mol. The van der Waals surface area contributed by atoms with Crippen molar-refractivity contribution in [2.45, 2.75) is 76.4 Å². The molecule has 0 saturated heterocycles. The molecular formula is C33H39NO6. The number of ether oxygens (including phenoxy) is 3. The molecule has 0 bridgehead atoms. The van der Waals surface area contributed by atoms with Crippen molar-refractivity contribution >= 4 is 11.9 Å². The van der Waals surface area contributed by atoms with E-state index in [1.807, 2.05) is 60.7 Å². The zero-order chi connectivity index (χ0) is 28.2. The molecular weight excluding hydrogens is 506 g/mol. The zero-order valence-corrected chi connectivity index (χ0v) is 23.0. The first-order chi connectivity index (χ1) is 19.5. The Morgan fingerprint density at radius 1 is 0.875 bits per heavy atom. The third-order valence-electron chi connectivity index (χ3n) is 7.23. The molecule has 4 rings (SSSR count). The number of hydrogen-bond donors (Lipinski definition) is 2. The van der Waals surface area contributed by atoms with Crippen molar-refractivity contribution in [3.05, 3.63) is 102 Å². The lowest BCUT2D eigenvalue weighted by molar-refractivity contribution is -0.123.